The minimum absolute atomic E-state index is 0.119. The maximum Gasteiger partial charge on any atom is 0.416 e. The second kappa shape index (κ2) is 12.2. The minimum atomic E-state index is -4.67. The summed E-state index contributed by atoms with van der Waals surface area (Å²) < 4.78 is 60.0. The molecule has 8 nitrogen and oxygen atoms in total. The van der Waals surface area contributed by atoms with Crippen LogP contribution in [-0.2, 0) is 17.5 Å². The van der Waals surface area contributed by atoms with Gasteiger partial charge in [-0.1, -0.05) is 0 Å². The van der Waals surface area contributed by atoms with E-state index in [0.717, 1.165) is 48.2 Å². The van der Waals surface area contributed by atoms with Crippen LogP contribution in [0, 0.1) is 18.7 Å². The fourth-order valence-corrected chi connectivity index (χ4v) is 5.49. The van der Waals surface area contributed by atoms with Crippen LogP contribution in [-0.4, -0.2) is 83.9 Å². The normalized spacial score (nSPS) is 17.2. The molecule has 12 heteroatoms. The number of ether oxygens (including phenoxy) is 1. The van der Waals surface area contributed by atoms with Gasteiger partial charge in [-0.15, -0.1) is 0 Å². The largest absolute Gasteiger partial charge is 0.416 e. The molecule has 0 radical (unpaired) electrons. The van der Waals surface area contributed by atoms with Crippen LogP contribution in [0.2, 0.25) is 0 Å². The Labute approximate surface area is 235 Å². The number of aryl methyl sites for hydroxylation is 1. The van der Waals surface area contributed by atoms with Gasteiger partial charge in [-0.25, -0.2) is 4.39 Å². The van der Waals surface area contributed by atoms with E-state index in [2.05, 4.69) is 15.3 Å². The number of fused-ring (bicyclic) bond motifs is 1. The van der Waals surface area contributed by atoms with E-state index < -0.39 is 23.5 Å². The van der Waals surface area contributed by atoms with Crippen LogP contribution in [0.5, 0.6) is 0 Å². The van der Waals surface area contributed by atoms with Crippen LogP contribution in [0.15, 0.2) is 36.5 Å². The van der Waals surface area contributed by atoms with Crippen molar-refractivity contribution in [2.45, 2.75) is 32.5 Å². The quantitative estimate of drug-likeness (QED) is 0.429. The number of piperidine rings is 1. The van der Waals surface area contributed by atoms with E-state index in [-0.39, 0.29) is 17.4 Å². The first kappa shape index (κ1) is 29.0. The Hall–Kier alpha value is -3.51. The van der Waals surface area contributed by atoms with Crippen molar-refractivity contribution in [2.24, 2.45) is 5.92 Å². The second-order valence-corrected chi connectivity index (χ2v) is 10.7. The van der Waals surface area contributed by atoms with Crippen LogP contribution in [0.25, 0.3) is 10.9 Å². The topological polar surface area (TPSA) is 79.7 Å². The number of carbonyl (C=O) groups excluding carboxylic acids is 2. The lowest BCUT2D eigenvalue weighted by atomic mass is 9.96. The molecule has 2 aliphatic heterocycles. The Morgan fingerprint density at radius 3 is 2.44 bits per heavy atom. The van der Waals surface area contributed by atoms with E-state index in [1.165, 1.54) is 4.90 Å². The Balaban J connectivity index is 1.16. The molecule has 2 fully saturated rings. The molecule has 0 atom stereocenters. The molecule has 0 bridgehead atoms. The van der Waals surface area contributed by atoms with E-state index in [9.17, 15) is 27.2 Å². The maximum absolute atomic E-state index is 14.3. The molecule has 0 saturated carbocycles. The molecule has 0 aliphatic carbocycles. The Kier molecular flexibility index (Phi) is 8.60. The molecule has 3 aromatic rings. The van der Waals surface area contributed by atoms with Gasteiger partial charge in [-0.05, 0) is 61.6 Å². The van der Waals surface area contributed by atoms with Gasteiger partial charge in [0.25, 0.3) is 11.8 Å². The molecule has 2 saturated heterocycles. The maximum atomic E-state index is 14.3. The minimum Gasteiger partial charge on any atom is -0.379 e. The molecule has 2 aliphatic rings. The monoisotopic (exact) mass is 575 g/mol. The molecule has 41 heavy (non-hydrogen) atoms. The molecule has 2 amide bonds. The van der Waals surface area contributed by atoms with Crippen molar-refractivity contribution in [1.82, 2.24) is 24.9 Å². The number of hydrogen-bond acceptors (Lipinski definition) is 5. The predicted octanol–water partition coefficient (Wildman–Crippen LogP) is 4.12. The third-order valence-electron chi connectivity index (χ3n) is 7.94. The van der Waals surface area contributed by atoms with Gasteiger partial charge in [0.2, 0.25) is 0 Å². The van der Waals surface area contributed by atoms with E-state index in [1.807, 2.05) is 23.9 Å². The number of aromatic nitrogens is 2. The Bertz CT molecular complexity index is 1410. The highest BCUT2D eigenvalue weighted by Crippen LogP contribution is 2.31. The highest BCUT2D eigenvalue weighted by Gasteiger charge is 2.33. The lowest BCUT2D eigenvalue weighted by molar-refractivity contribution is -0.137. The average molecular weight is 576 g/mol. The Morgan fingerprint density at radius 1 is 1.05 bits per heavy atom. The number of alkyl halides is 3. The SMILES string of the molecule is Cc1c(C(=O)NCCN2CCOCC2)ccc2nn(CC3CCN(C(=O)c4ccc(C(F)(F)F)cc4F)CC3)cc12. The first-order chi connectivity index (χ1) is 19.6. The summed E-state index contributed by atoms with van der Waals surface area (Å²) >= 11 is 0. The number of benzene rings is 2. The van der Waals surface area contributed by atoms with Crippen molar-refractivity contribution in [3.63, 3.8) is 0 Å². The molecular weight excluding hydrogens is 542 g/mol. The second-order valence-electron chi connectivity index (χ2n) is 10.7. The predicted molar refractivity (Wildman–Crippen MR) is 144 cm³/mol. The van der Waals surface area contributed by atoms with Crippen molar-refractivity contribution < 1.29 is 31.9 Å². The van der Waals surface area contributed by atoms with Gasteiger partial charge in [0.15, 0.2) is 0 Å². The number of halogens is 4. The summed E-state index contributed by atoms with van der Waals surface area (Å²) in [5.41, 5.74) is 0.783. The molecule has 220 valence electrons. The lowest BCUT2D eigenvalue weighted by Crippen LogP contribution is -2.41. The van der Waals surface area contributed by atoms with Crippen molar-refractivity contribution in [3.8, 4) is 0 Å². The fourth-order valence-electron chi connectivity index (χ4n) is 5.49. The number of amides is 2. The van der Waals surface area contributed by atoms with Crippen LogP contribution in [0.4, 0.5) is 17.6 Å². The molecule has 0 unspecified atom stereocenters. The Morgan fingerprint density at radius 2 is 1.76 bits per heavy atom. The van der Waals surface area contributed by atoms with Gasteiger partial charge in [0, 0.05) is 63.0 Å². The number of morpholine rings is 1. The summed E-state index contributed by atoms with van der Waals surface area (Å²) in [5, 5.41) is 8.58. The van der Waals surface area contributed by atoms with Crippen molar-refractivity contribution in [3.05, 3.63) is 64.6 Å². The van der Waals surface area contributed by atoms with Crippen LogP contribution >= 0.6 is 0 Å². The highest BCUT2D eigenvalue weighted by atomic mass is 19.4. The number of rotatable bonds is 7. The van der Waals surface area contributed by atoms with Gasteiger partial charge < -0.3 is 15.0 Å². The summed E-state index contributed by atoms with van der Waals surface area (Å²) in [6.07, 6.45) is -1.43. The first-order valence-electron chi connectivity index (χ1n) is 13.8. The van der Waals surface area contributed by atoms with E-state index in [4.69, 9.17) is 4.74 Å². The van der Waals surface area contributed by atoms with Gasteiger partial charge in [0.1, 0.15) is 5.82 Å². The summed E-state index contributed by atoms with van der Waals surface area (Å²) in [7, 11) is 0. The van der Waals surface area contributed by atoms with E-state index in [0.29, 0.717) is 63.9 Å². The third kappa shape index (κ3) is 6.70. The number of nitrogens with one attached hydrogen (secondary N) is 1. The zero-order valence-corrected chi connectivity index (χ0v) is 22.8. The van der Waals surface area contributed by atoms with Gasteiger partial charge in [-0.3, -0.25) is 19.2 Å². The zero-order chi connectivity index (χ0) is 29.1. The lowest BCUT2D eigenvalue weighted by Gasteiger charge is -2.32. The van der Waals surface area contributed by atoms with Gasteiger partial charge in [0.05, 0.1) is 29.9 Å². The summed E-state index contributed by atoms with van der Waals surface area (Å²) in [6, 6.07) is 5.64. The molecule has 5 rings (SSSR count). The fraction of sp³-hybridized carbons (Fsp3) is 0.483. The smallest absolute Gasteiger partial charge is 0.379 e. The van der Waals surface area contributed by atoms with Crippen molar-refractivity contribution in [1.29, 1.82) is 0 Å². The molecule has 0 spiro atoms. The van der Waals surface area contributed by atoms with E-state index in [1.54, 1.807) is 6.07 Å². The van der Waals surface area contributed by atoms with Gasteiger partial charge in [-0.2, -0.15) is 18.3 Å². The van der Waals surface area contributed by atoms with Crippen molar-refractivity contribution in [2.75, 3.05) is 52.5 Å². The number of nitrogens with zero attached hydrogens (tertiary/aromatic N) is 4. The highest BCUT2D eigenvalue weighted by molar-refractivity contribution is 6.00. The molecule has 1 aromatic heterocycles. The standard InChI is InChI=1S/C29H33F4N5O3/c1-19-22(27(39)34-8-11-36-12-14-41-15-13-36)4-5-26-24(19)18-38(35-26)17-20-6-9-37(10-7-20)28(40)23-3-2-21(16-25(23)30)29(31,32)33/h2-5,16,18,20H,6-15,17H2,1H3,(H,34,39). The summed E-state index contributed by atoms with van der Waals surface area (Å²) in [4.78, 5) is 29.4. The van der Waals surface area contributed by atoms with Crippen LogP contribution < -0.4 is 5.32 Å². The van der Waals surface area contributed by atoms with Crippen LogP contribution in [0.1, 0.15) is 44.7 Å². The van der Waals surface area contributed by atoms with E-state index >= 15 is 0 Å². The first-order valence-corrected chi connectivity index (χ1v) is 13.8. The molecule has 2 aromatic carbocycles. The van der Waals surface area contributed by atoms with Gasteiger partial charge >= 0.3 is 6.18 Å². The zero-order valence-electron chi connectivity index (χ0n) is 22.8. The molecule has 3 heterocycles. The van der Waals surface area contributed by atoms with Crippen LogP contribution in [0.3, 0.4) is 0 Å². The van der Waals surface area contributed by atoms with Crippen molar-refractivity contribution >= 4 is 22.7 Å². The average Bonchev–Trinajstić information content (AvgIpc) is 3.37. The number of likely N-dealkylation sites (tertiary alicyclic amines) is 1. The third-order valence-corrected chi connectivity index (χ3v) is 7.94. The molecule has 1 N–H and O–H groups in total. The summed E-state index contributed by atoms with van der Waals surface area (Å²) in [5.74, 6) is -1.68. The number of hydrogen-bond donors (Lipinski definition) is 1. The molecular formula is C29H33F4N5O3. The summed E-state index contributed by atoms with van der Waals surface area (Å²) in [6.45, 7) is 7.78. The number of carbonyl (C=O) groups is 2.